The van der Waals surface area contributed by atoms with Gasteiger partial charge in [-0.3, -0.25) is 4.79 Å². The summed E-state index contributed by atoms with van der Waals surface area (Å²) < 4.78 is 5.25. The number of rotatable bonds is 7. The molecule has 0 N–H and O–H groups in total. The molecule has 1 aliphatic carbocycles. The molecule has 0 aromatic heterocycles. The maximum Gasteiger partial charge on any atom is 0.226 e. The third-order valence-electron chi connectivity index (χ3n) is 6.08. The number of likely N-dealkylation sites (tertiary alicyclic amines) is 1. The molecule has 1 aromatic carbocycles. The molecule has 0 saturated carbocycles. The second-order valence-electron chi connectivity index (χ2n) is 8.11. The van der Waals surface area contributed by atoms with Gasteiger partial charge in [0.05, 0.1) is 7.11 Å². The van der Waals surface area contributed by atoms with Crippen LogP contribution in [0.1, 0.15) is 37.7 Å². The third kappa shape index (κ3) is 5.83. The molecule has 1 aromatic rings. The minimum Gasteiger partial charge on any atom is -0.497 e. The summed E-state index contributed by atoms with van der Waals surface area (Å²) in [6.45, 7) is 4.04. The Balaban J connectivity index is 1.62. The normalized spacial score (nSPS) is 21.2. The van der Waals surface area contributed by atoms with E-state index in [1.165, 1.54) is 18.4 Å². The Morgan fingerprint density at radius 2 is 1.89 bits per heavy atom. The third-order valence-corrected chi connectivity index (χ3v) is 6.08. The van der Waals surface area contributed by atoms with Crippen molar-refractivity contribution in [1.29, 1.82) is 0 Å². The Bertz CT molecular complexity index is 618. The van der Waals surface area contributed by atoms with Crippen molar-refractivity contribution >= 4 is 5.91 Å². The van der Waals surface area contributed by atoms with Crippen LogP contribution in [-0.2, 0) is 11.2 Å². The maximum atomic E-state index is 13.2. The van der Waals surface area contributed by atoms with Gasteiger partial charge in [0.2, 0.25) is 5.91 Å². The highest BCUT2D eigenvalue weighted by molar-refractivity contribution is 5.79. The van der Waals surface area contributed by atoms with Crippen LogP contribution in [0.5, 0.6) is 5.75 Å². The van der Waals surface area contributed by atoms with Crippen molar-refractivity contribution in [1.82, 2.24) is 9.80 Å². The highest BCUT2D eigenvalue weighted by atomic mass is 16.5. The molecule has 4 heteroatoms. The van der Waals surface area contributed by atoms with Gasteiger partial charge in [0.15, 0.2) is 0 Å². The second kappa shape index (κ2) is 9.93. The van der Waals surface area contributed by atoms with Crippen LogP contribution in [0.3, 0.4) is 0 Å². The molecule has 0 bridgehead atoms. The molecule has 1 saturated heterocycles. The van der Waals surface area contributed by atoms with E-state index in [-0.39, 0.29) is 5.92 Å². The molecule has 1 fully saturated rings. The van der Waals surface area contributed by atoms with Crippen LogP contribution >= 0.6 is 0 Å². The first-order valence-corrected chi connectivity index (χ1v) is 10.4. The fraction of sp³-hybridized carbons (Fsp3) is 0.609. The van der Waals surface area contributed by atoms with E-state index < -0.39 is 0 Å². The summed E-state index contributed by atoms with van der Waals surface area (Å²) in [5.41, 5.74) is 1.26. The Morgan fingerprint density at radius 1 is 1.15 bits per heavy atom. The fourth-order valence-electron chi connectivity index (χ4n) is 4.18. The fourth-order valence-corrected chi connectivity index (χ4v) is 4.18. The van der Waals surface area contributed by atoms with Crippen LogP contribution in [0.15, 0.2) is 36.4 Å². The molecule has 148 valence electrons. The van der Waals surface area contributed by atoms with Crippen molar-refractivity contribution in [2.45, 2.75) is 38.5 Å². The van der Waals surface area contributed by atoms with Crippen LogP contribution in [-0.4, -0.2) is 56.0 Å². The summed E-state index contributed by atoms with van der Waals surface area (Å²) in [5, 5.41) is 0. The van der Waals surface area contributed by atoms with Gasteiger partial charge in [-0.05, 0) is 82.3 Å². The smallest absolute Gasteiger partial charge is 0.226 e. The van der Waals surface area contributed by atoms with Crippen molar-refractivity contribution in [3.8, 4) is 5.75 Å². The topological polar surface area (TPSA) is 32.8 Å². The molecular weight excluding hydrogens is 336 g/mol. The minimum atomic E-state index is 0.178. The summed E-state index contributed by atoms with van der Waals surface area (Å²) in [7, 11) is 3.88. The average molecular weight is 371 g/mol. The zero-order valence-electron chi connectivity index (χ0n) is 16.9. The summed E-state index contributed by atoms with van der Waals surface area (Å²) in [6.07, 6.45) is 10.7. The van der Waals surface area contributed by atoms with Gasteiger partial charge in [0.1, 0.15) is 5.75 Å². The summed E-state index contributed by atoms with van der Waals surface area (Å²) >= 11 is 0. The zero-order chi connectivity index (χ0) is 19.1. The Labute approximate surface area is 164 Å². The van der Waals surface area contributed by atoms with E-state index in [0.29, 0.717) is 11.8 Å². The highest BCUT2D eigenvalue weighted by Crippen LogP contribution is 2.24. The number of hydrogen-bond acceptors (Lipinski definition) is 3. The molecule has 0 radical (unpaired) electrons. The lowest BCUT2D eigenvalue weighted by Gasteiger charge is -2.35. The van der Waals surface area contributed by atoms with Crippen LogP contribution in [0, 0.1) is 11.8 Å². The van der Waals surface area contributed by atoms with Gasteiger partial charge in [0, 0.05) is 19.0 Å². The van der Waals surface area contributed by atoms with Crippen LogP contribution in [0.4, 0.5) is 0 Å². The number of methoxy groups -OCH3 is 1. The van der Waals surface area contributed by atoms with Gasteiger partial charge in [-0.25, -0.2) is 0 Å². The predicted molar refractivity (Wildman–Crippen MR) is 110 cm³/mol. The van der Waals surface area contributed by atoms with E-state index in [9.17, 15) is 4.79 Å². The zero-order valence-corrected chi connectivity index (χ0v) is 16.9. The number of allylic oxidation sites excluding steroid dienone is 2. The first kappa shape index (κ1) is 19.9. The first-order chi connectivity index (χ1) is 13.2. The van der Waals surface area contributed by atoms with E-state index in [1.807, 2.05) is 12.1 Å². The minimum absolute atomic E-state index is 0.178. The van der Waals surface area contributed by atoms with Crippen molar-refractivity contribution in [2.24, 2.45) is 11.8 Å². The average Bonchev–Trinajstić information content (AvgIpc) is 2.73. The largest absolute Gasteiger partial charge is 0.497 e. The summed E-state index contributed by atoms with van der Waals surface area (Å²) in [4.78, 5) is 17.8. The van der Waals surface area contributed by atoms with Crippen molar-refractivity contribution < 1.29 is 9.53 Å². The SMILES string of the molecule is COc1ccc(CCN(CC2CCN(C)CC2)C(=O)[C@@H]2CC=CCC2)cc1. The molecule has 27 heavy (non-hydrogen) atoms. The molecule has 1 aliphatic heterocycles. The highest BCUT2D eigenvalue weighted by Gasteiger charge is 2.27. The van der Waals surface area contributed by atoms with Gasteiger partial charge >= 0.3 is 0 Å². The van der Waals surface area contributed by atoms with Crippen LogP contribution in [0.2, 0.25) is 0 Å². The van der Waals surface area contributed by atoms with Crippen LogP contribution < -0.4 is 4.74 Å². The Kier molecular flexibility index (Phi) is 7.33. The molecule has 0 unspecified atom stereocenters. The van der Waals surface area contributed by atoms with E-state index in [4.69, 9.17) is 4.74 Å². The molecule has 4 nitrogen and oxygen atoms in total. The Hall–Kier alpha value is -1.81. The monoisotopic (exact) mass is 370 g/mol. The van der Waals surface area contributed by atoms with Gasteiger partial charge in [0.25, 0.3) is 0 Å². The molecule has 1 amide bonds. The van der Waals surface area contributed by atoms with E-state index in [0.717, 1.165) is 57.6 Å². The number of carbonyl (C=O) groups is 1. The lowest BCUT2D eigenvalue weighted by molar-refractivity contribution is -0.136. The number of ether oxygens (including phenoxy) is 1. The standard InChI is InChI=1S/C23H34N2O2/c1-24-15-12-20(13-16-24)18-25(23(26)21-6-4-3-5-7-21)17-14-19-8-10-22(27-2)11-9-19/h3-4,8-11,20-21H,5-7,12-18H2,1-2H3/t21-/m1/s1. The molecule has 0 spiro atoms. The van der Waals surface area contributed by atoms with Crippen LogP contribution in [0.25, 0.3) is 0 Å². The predicted octanol–water partition coefficient (Wildman–Crippen LogP) is 3.76. The molecule has 3 rings (SSSR count). The van der Waals surface area contributed by atoms with Crippen molar-refractivity contribution in [2.75, 3.05) is 40.3 Å². The number of carbonyl (C=O) groups excluding carboxylic acids is 1. The number of benzene rings is 1. The summed E-state index contributed by atoms with van der Waals surface area (Å²) in [6, 6.07) is 8.23. The quantitative estimate of drug-likeness (QED) is 0.685. The van der Waals surface area contributed by atoms with Crippen molar-refractivity contribution in [3.63, 3.8) is 0 Å². The maximum absolute atomic E-state index is 13.2. The van der Waals surface area contributed by atoms with Crippen molar-refractivity contribution in [3.05, 3.63) is 42.0 Å². The lowest BCUT2D eigenvalue weighted by Crippen LogP contribution is -2.43. The number of amides is 1. The molecular formula is C23H34N2O2. The van der Waals surface area contributed by atoms with Gasteiger partial charge in [-0.2, -0.15) is 0 Å². The molecule has 2 aliphatic rings. The molecule has 1 heterocycles. The van der Waals surface area contributed by atoms with Gasteiger partial charge < -0.3 is 14.5 Å². The van der Waals surface area contributed by atoms with E-state index >= 15 is 0 Å². The van der Waals surface area contributed by atoms with Gasteiger partial charge in [-0.15, -0.1) is 0 Å². The number of nitrogens with zero attached hydrogens (tertiary/aromatic N) is 2. The number of piperidine rings is 1. The van der Waals surface area contributed by atoms with Gasteiger partial charge in [-0.1, -0.05) is 24.3 Å². The number of hydrogen-bond donors (Lipinski definition) is 0. The van der Waals surface area contributed by atoms with E-state index in [2.05, 4.69) is 41.1 Å². The molecule has 1 atom stereocenters. The first-order valence-electron chi connectivity index (χ1n) is 10.4. The lowest BCUT2D eigenvalue weighted by atomic mass is 9.91. The Morgan fingerprint density at radius 3 is 2.52 bits per heavy atom. The summed E-state index contributed by atoms with van der Waals surface area (Å²) in [5.74, 6) is 2.07. The van der Waals surface area contributed by atoms with E-state index in [1.54, 1.807) is 7.11 Å². The second-order valence-corrected chi connectivity index (χ2v) is 8.11.